The number of ketones is 1. The first-order valence-corrected chi connectivity index (χ1v) is 13.7. The Hall–Kier alpha value is -3.64. The van der Waals surface area contributed by atoms with Crippen LogP contribution in [0.4, 0.5) is 4.79 Å². The third kappa shape index (κ3) is 10.6. The van der Waals surface area contributed by atoms with Gasteiger partial charge in [0, 0.05) is 18.2 Å². The summed E-state index contributed by atoms with van der Waals surface area (Å²) in [5.41, 5.74) is 5.34. The predicted molar refractivity (Wildman–Crippen MR) is 156 cm³/mol. The normalized spacial score (nSPS) is 11.9. The molecule has 7 heteroatoms. The molecule has 0 aromatic heterocycles. The number of Topliss-reactive ketones (excluding diaryl/α,β-unsaturated/α-hetero) is 1. The second-order valence-corrected chi connectivity index (χ2v) is 9.73. The summed E-state index contributed by atoms with van der Waals surface area (Å²) >= 11 is 5.38. The molecule has 208 valence electrons. The van der Waals surface area contributed by atoms with Crippen LogP contribution in [0.15, 0.2) is 78.9 Å². The second kappa shape index (κ2) is 17.0. The van der Waals surface area contributed by atoms with Gasteiger partial charge in [-0.2, -0.15) is 0 Å². The number of fused-ring (bicyclic) bond motifs is 3. The number of hydrogen-bond acceptors (Lipinski definition) is 4. The van der Waals surface area contributed by atoms with Crippen LogP contribution >= 0.6 is 11.6 Å². The van der Waals surface area contributed by atoms with Gasteiger partial charge in [-0.3, -0.25) is 0 Å². The summed E-state index contributed by atoms with van der Waals surface area (Å²) in [6.45, 7) is 5.38. The minimum atomic E-state index is -1.10. The molecule has 1 atom stereocenters. The summed E-state index contributed by atoms with van der Waals surface area (Å²) in [6.07, 6.45) is 3.20. The number of benzene rings is 3. The SMILES string of the molecule is CC(C)=O.CCCCCCl.O=C(NC(Cc1ccccc1)C(=O)O)OCC1c2ccccc2-c2ccccc21. The molecule has 1 aliphatic carbocycles. The monoisotopic (exact) mass is 551 g/mol. The zero-order valence-corrected chi connectivity index (χ0v) is 23.6. The number of carboxylic acids is 1. The molecule has 4 rings (SSSR count). The Morgan fingerprint density at radius 1 is 0.872 bits per heavy atom. The summed E-state index contributed by atoms with van der Waals surface area (Å²) in [7, 11) is 0. The van der Waals surface area contributed by atoms with Gasteiger partial charge in [0.05, 0.1) is 0 Å². The summed E-state index contributed by atoms with van der Waals surface area (Å²) in [5.74, 6) is -0.165. The highest BCUT2D eigenvalue weighted by atomic mass is 35.5. The van der Waals surface area contributed by atoms with Gasteiger partial charge in [-0.25, -0.2) is 9.59 Å². The first-order valence-electron chi connectivity index (χ1n) is 13.2. The Morgan fingerprint density at radius 3 is 1.85 bits per heavy atom. The van der Waals surface area contributed by atoms with Crippen molar-refractivity contribution >= 4 is 29.4 Å². The molecular weight excluding hydrogens is 514 g/mol. The molecule has 1 aliphatic rings. The van der Waals surface area contributed by atoms with Crippen LogP contribution in [0.25, 0.3) is 11.1 Å². The third-order valence-corrected chi connectivity index (χ3v) is 6.22. The Morgan fingerprint density at radius 2 is 1.38 bits per heavy atom. The number of alkyl carbamates (subject to hydrolysis) is 1. The lowest BCUT2D eigenvalue weighted by Gasteiger charge is -2.17. The van der Waals surface area contributed by atoms with E-state index in [1.54, 1.807) is 0 Å². The molecule has 6 nitrogen and oxygen atoms in total. The van der Waals surface area contributed by atoms with Crippen LogP contribution in [0.5, 0.6) is 0 Å². The number of nitrogens with one attached hydrogen (secondary N) is 1. The van der Waals surface area contributed by atoms with E-state index in [0.29, 0.717) is 0 Å². The maximum absolute atomic E-state index is 12.3. The molecular formula is C32H38ClNO5. The van der Waals surface area contributed by atoms with Gasteiger partial charge in [0.25, 0.3) is 0 Å². The maximum atomic E-state index is 12.3. The van der Waals surface area contributed by atoms with E-state index in [2.05, 4.69) is 24.4 Å². The van der Waals surface area contributed by atoms with Crippen LogP contribution in [0.1, 0.15) is 62.6 Å². The molecule has 0 aliphatic heterocycles. The van der Waals surface area contributed by atoms with E-state index in [9.17, 15) is 19.5 Å². The molecule has 3 aromatic carbocycles. The second-order valence-electron chi connectivity index (χ2n) is 9.35. The van der Waals surface area contributed by atoms with E-state index in [1.807, 2.05) is 66.7 Å². The van der Waals surface area contributed by atoms with Crippen LogP contribution in [0, 0.1) is 0 Å². The number of halogens is 1. The molecule has 2 N–H and O–H groups in total. The van der Waals surface area contributed by atoms with Gasteiger partial charge >= 0.3 is 12.1 Å². The van der Waals surface area contributed by atoms with Crippen molar-refractivity contribution in [3.05, 3.63) is 95.6 Å². The number of carbonyl (C=O) groups excluding carboxylic acids is 2. The molecule has 0 heterocycles. The fourth-order valence-electron chi connectivity index (χ4n) is 4.18. The van der Waals surface area contributed by atoms with E-state index < -0.39 is 18.1 Å². The molecule has 0 bridgehead atoms. The lowest BCUT2D eigenvalue weighted by atomic mass is 9.98. The molecule has 1 unspecified atom stereocenters. The summed E-state index contributed by atoms with van der Waals surface area (Å²) < 4.78 is 5.44. The van der Waals surface area contributed by atoms with Crippen LogP contribution in [0.2, 0.25) is 0 Å². The number of ether oxygens (including phenoxy) is 1. The Balaban J connectivity index is 0.000000458. The molecule has 3 aromatic rings. The molecule has 0 fully saturated rings. The molecule has 1 amide bonds. The topological polar surface area (TPSA) is 92.7 Å². The average Bonchev–Trinajstić information content (AvgIpc) is 3.24. The number of carboxylic acid groups (broad SMARTS) is 1. The zero-order valence-electron chi connectivity index (χ0n) is 22.9. The number of carbonyl (C=O) groups is 3. The van der Waals surface area contributed by atoms with Gasteiger partial charge in [-0.05, 0) is 48.1 Å². The first kappa shape index (κ1) is 31.6. The van der Waals surface area contributed by atoms with Gasteiger partial charge in [0.15, 0.2) is 0 Å². The smallest absolute Gasteiger partial charge is 0.407 e. The van der Waals surface area contributed by atoms with Crippen LogP contribution in [0.3, 0.4) is 0 Å². The van der Waals surface area contributed by atoms with Crippen LogP contribution in [-0.2, 0) is 20.7 Å². The first-order chi connectivity index (χ1) is 18.8. The standard InChI is InChI=1S/C24H21NO4.C5H11Cl.C3H6O/c26-23(27)22(14-16-8-2-1-3-9-16)25-24(28)29-15-21-19-12-6-4-10-17(19)18-11-5-7-13-20(18)21;1-2-3-4-5-6;1-3(2)4/h1-13,21-22H,14-15H2,(H,25,28)(H,26,27);2-5H2,1H3;1-2H3. The van der Waals surface area contributed by atoms with Gasteiger partial charge < -0.3 is 20.0 Å². The number of aliphatic carboxylic acids is 1. The van der Waals surface area contributed by atoms with Crippen molar-refractivity contribution in [3.8, 4) is 11.1 Å². The van der Waals surface area contributed by atoms with Gasteiger partial charge in [0.1, 0.15) is 18.4 Å². The largest absolute Gasteiger partial charge is 0.480 e. The van der Waals surface area contributed by atoms with E-state index in [4.69, 9.17) is 16.3 Å². The highest BCUT2D eigenvalue weighted by Crippen LogP contribution is 2.44. The van der Waals surface area contributed by atoms with Gasteiger partial charge in [-0.15, -0.1) is 11.6 Å². The molecule has 0 saturated heterocycles. The van der Waals surface area contributed by atoms with Crippen molar-refractivity contribution in [1.29, 1.82) is 0 Å². The number of unbranched alkanes of at least 4 members (excludes halogenated alkanes) is 2. The highest BCUT2D eigenvalue weighted by molar-refractivity contribution is 6.17. The summed E-state index contributed by atoms with van der Waals surface area (Å²) in [6, 6.07) is 24.3. The number of alkyl halides is 1. The molecule has 0 radical (unpaired) electrons. The number of rotatable bonds is 9. The lowest BCUT2D eigenvalue weighted by molar-refractivity contribution is -0.139. The van der Waals surface area contributed by atoms with E-state index in [0.717, 1.165) is 33.7 Å². The third-order valence-electron chi connectivity index (χ3n) is 5.95. The van der Waals surface area contributed by atoms with Crippen LogP contribution < -0.4 is 5.32 Å². The van der Waals surface area contributed by atoms with Crippen molar-refractivity contribution in [3.63, 3.8) is 0 Å². The van der Waals surface area contributed by atoms with E-state index in [-0.39, 0.29) is 24.7 Å². The quantitative estimate of drug-likeness (QED) is 0.216. The Kier molecular flexibility index (Phi) is 13.8. The summed E-state index contributed by atoms with van der Waals surface area (Å²) in [4.78, 5) is 33.3. The predicted octanol–water partition coefficient (Wildman–Crippen LogP) is 7.23. The van der Waals surface area contributed by atoms with Gasteiger partial charge in [0.2, 0.25) is 0 Å². The van der Waals surface area contributed by atoms with Gasteiger partial charge in [-0.1, -0.05) is 98.6 Å². The van der Waals surface area contributed by atoms with Crippen molar-refractivity contribution < 1.29 is 24.2 Å². The van der Waals surface area contributed by atoms with Crippen molar-refractivity contribution in [2.75, 3.05) is 12.5 Å². The molecule has 39 heavy (non-hydrogen) atoms. The molecule has 0 spiro atoms. The average molecular weight is 552 g/mol. The molecule has 0 saturated carbocycles. The summed E-state index contributed by atoms with van der Waals surface area (Å²) in [5, 5.41) is 11.9. The Labute approximate surface area is 236 Å². The van der Waals surface area contributed by atoms with Crippen molar-refractivity contribution in [2.45, 2.75) is 58.4 Å². The van der Waals surface area contributed by atoms with E-state index in [1.165, 1.54) is 33.1 Å². The van der Waals surface area contributed by atoms with Crippen molar-refractivity contribution in [2.24, 2.45) is 0 Å². The fraction of sp³-hybridized carbons (Fsp3) is 0.344. The number of hydrogen-bond donors (Lipinski definition) is 2. The minimum absolute atomic E-state index is 0.0643. The van der Waals surface area contributed by atoms with E-state index >= 15 is 0 Å². The lowest BCUT2D eigenvalue weighted by Crippen LogP contribution is -2.42. The maximum Gasteiger partial charge on any atom is 0.407 e. The fourth-order valence-corrected chi connectivity index (χ4v) is 4.37. The zero-order chi connectivity index (χ0) is 28.6. The van der Waals surface area contributed by atoms with Crippen LogP contribution in [-0.4, -0.2) is 41.5 Å². The minimum Gasteiger partial charge on any atom is -0.480 e. The van der Waals surface area contributed by atoms with Crippen molar-refractivity contribution in [1.82, 2.24) is 5.32 Å². The Bertz CT molecular complexity index is 1140. The highest BCUT2D eigenvalue weighted by Gasteiger charge is 2.29. The number of amides is 1.